The van der Waals surface area contributed by atoms with Gasteiger partial charge in [-0.15, -0.1) is 11.3 Å². The first kappa shape index (κ1) is 19.2. The van der Waals surface area contributed by atoms with Crippen molar-refractivity contribution in [1.29, 1.82) is 0 Å². The van der Waals surface area contributed by atoms with E-state index in [1.165, 1.54) is 51.4 Å². The number of thiazole rings is 1. The van der Waals surface area contributed by atoms with Crippen LogP contribution in [0.4, 0.5) is 5.13 Å². The second-order valence-electron chi connectivity index (χ2n) is 6.83. The molecule has 0 aromatic carbocycles. The van der Waals surface area contributed by atoms with Gasteiger partial charge in [0.05, 0.1) is 0 Å². The van der Waals surface area contributed by atoms with E-state index in [0.717, 1.165) is 31.1 Å². The maximum Gasteiger partial charge on any atom is 0.220 e. The van der Waals surface area contributed by atoms with Crippen molar-refractivity contribution < 1.29 is 4.79 Å². The number of unbranched alkanes of at least 4 members (excludes halogenated alkanes) is 7. The minimum absolute atomic E-state index is 0.215. The molecule has 1 aromatic rings. The van der Waals surface area contributed by atoms with Gasteiger partial charge in [-0.3, -0.25) is 4.79 Å². The number of rotatable bonds is 12. The Balaban J connectivity index is 1.52. The fourth-order valence-corrected chi connectivity index (χ4v) is 4.14. The molecule has 1 fully saturated rings. The monoisotopic (exact) mass is 351 g/mol. The average Bonchev–Trinajstić information content (AvgIpc) is 3.26. The van der Waals surface area contributed by atoms with Gasteiger partial charge in [-0.25, -0.2) is 4.98 Å². The summed E-state index contributed by atoms with van der Waals surface area (Å²) in [5, 5.41) is 6.24. The van der Waals surface area contributed by atoms with Crippen molar-refractivity contribution in [1.82, 2.24) is 10.3 Å². The van der Waals surface area contributed by atoms with Gasteiger partial charge in [0, 0.05) is 37.1 Å². The van der Waals surface area contributed by atoms with E-state index < -0.39 is 0 Å². The maximum absolute atomic E-state index is 12.0. The van der Waals surface area contributed by atoms with Crippen LogP contribution in [0.1, 0.15) is 77.6 Å². The summed E-state index contributed by atoms with van der Waals surface area (Å²) in [6.45, 7) is 4.07. The minimum atomic E-state index is 0.215. The highest BCUT2D eigenvalue weighted by atomic mass is 32.1. The molecule has 0 bridgehead atoms. The van der Waals surface area contributed by atoms with Crippen molar-refractivity contribution in [3.63, 3.8) is 0 Å². The molecule has 1 N–H and O–H groups in total. The summed E-state index contributed by atoms with van der Waals surface area (Å²) in [5.41, 5.74) is 0. The Bertz CT molecular complexity index is 449. The van der Waals surface area contributed by atoms with Gasteiger partial charge in [0.2, 0.25) is 5.91 Å². The molecular formula is C19H33N3OS. The number of amides is 1. The highest BCUT2D eigenvalue weighted by molar-refractivity contribution is 7.13. The molecule has 24 heavy (non-hydrogen) atoms. The number of carbonyl (C=O) groups is 1. The maximum atomic E-state index is 12.0. The quantitative estimate of drug-likeness (QED) is 0.552. The third kappa shape index (κ3) is 6.80. The molecule has 1 aliphatic heterocycles. The molecule has 136 valence electrons. The van der Waals surface area contributed by atoms with Crippen LogP contribution in [0.25, 0.3) is 0 Å². The predicted octanol–water partition coefficient (Wildman–Crippen LogP) is 4.76. The molecule has 1 unspecified atom stereocenters. The molecule has 0 spiro atoms. The third-order valence-electron chi connectivity index (χ3n) is 4.83. The second kappa shape index (κ2) is 11.5. The van der Waals surface area contributed by atoms with E-state index in [1.54, 1.807) is 11.3 Å². The number of hydrogen-bond donors (Lipinski definition) is 1. The Morgan fingerprint density at radius 3 is 2.71 bits per heavy atom. The lowest BCUT2D eigenvalue weighted by Crippen LogP contribution is -2.40. The SMILES string of the molecule is CCCCCCCCCCC(=O)NCC1CCCN1c1nccs1. The van der Waals surface area contributed by atoms with Gasteiger partial charge in [-0.2, -0.15) is 0 Å². The van der Waals surface area contributed by atoms with E-state index in [-0.39, 0.29) is 5.91 Å². The van der Waals surface area contributed by atoms with Crippen LogP contribution in [0.3, 0.4) is 0 Å². The van der Waals surface area contributed by atoms with Crippen LogP contribution >= 0.6 is 11.3 Å². The van der Waals surface area contributed by atoms with Gasteiger partial charge in [0.1, 0.15) is 0 Å². The minimum Gasteiger partial charge on any atom is -0.354 e. The smallest absolute Gasteiger partial charge is 0.220 e. The molecule has 5 heteroatoms. The molecule has 0 radical (unpaired) electrons. The van der Waals surface area contributed by atoms with Crippen molar-refractivity contribution in [2.45, 2.75) is 83.6 Å². The van der Waals surface area contributed by atoms with Crippen LogP contribution in [0.5, 0.6) is 0 Å². The summed E-state index contributed by atoms with van der Waals surface area (Å²) in [4.78, 5) is 18.8. The van der Waals surface area contributed by atoms with Crippen LogP contribution in [0, 0.1) is 0 Å². The molecule has 2 rings (SSSR count). The van der Waals surface area contributed by atoms with Gasteiger partial charge < -0.3 is 10.2 Å². The topological polar surface area (TPSA) is 45.2 Å². The molecule has 1 amide bonds. The number of hydrogen-bond acceptors (Lipinski definition) is 4. The number of anilines is 1. The summed E-state index contributed by atoms with van der Waals surface area (Å²) in [7, 11) is 0. The summed E-state index contributed by atoms with van der Waals surface area (Å²) in [6.07, 6.45) is 15.1. The Hall–Kier alpha value is -1.10. The second-order valence-corrected chi connectivity index (χ2v) is 7.71. The van der Waals surface area contributed by atoms with Crippen molar-refractivity contribution in [3.8, 4) is 0 Å². The van der Waals surface area contributed by atoms with Gasteiger partial charge in [-0.1, -0.05) is 51.9 Å². The van der Waals surface area contributed by atoms with Crippen LogP contribution < -0.4 is 10.2 Å². The summed E-state index contributed by atoms with van der Waals surface area (Å²) < 4.78 is 0. The average molecular weight is 352 g/mol. The number of nitrogens with one attached hydrogen (secondary N) is 1. The lowest BCUT2D eigenvalue weighted by atomic mass is 10.1. The Labute approximate surface area is 151 Å². The molecule has 2 heterocycles. The summed E-state index contributed by atoms with van der Waals surface area (Å²) in [6, 6.07) is 0.415. The van der Waals surface area contributed by atoms with Gasteiger partial charge in [0.25, 0.3) is 0 Å². The van der Waals surface area contributed by atoms with Gasteiger partial charge in [-0.05, 0) is 19.3 Å². The van der Waals surface area contributed by atoms with E-state index in [1.807, 2.05) is 11.6 Å². The first-order chi connectivity index (χ1) is 11.8. The molecule has 0 aliphatic carbocycles. The van der Waals surface area contributed by atoms with Crippen LogP contribution in [-0.4, -0.2) is 30.0 Å². The fourth-order valence-electron chi connectivity index (χ4n) is 3.40. The van der Waals surface area contributed by atoms with Crippen molar-refractivity contribution in [3.05, 3.63) is 11.6 Å². The Morgan fingerprint density at radius 2 is 2.00 bits per heavy atom. The van der Waals surface area contributed by atoms with Gasteiger partial charge >= 0.3 is 0 Å². The van der Waals surface area contributed by atoms with Gasteiger partial charge in [0.15, 0.2) is 5.13 Å². The van der Waals surface area contributed by atoms with Crippen LogP contribution in [-0.2, 0) is 4.79 Å². The predicted molar refractivity (Wildman–Crippen MR) is 103 cm³/mol. The Kier molecular flexibility index (Phi) is 9.18. The molecule has 0 saturated carbocycles. The number of nitrogens with zero attached hydrogens (tertiary/aromatic N) is 2. The standard InChI is InChI=1S/C19H33N3OS/c1-2-3-4-5-6-7-8-9-12-18(23)21-16-17-11-10-14-22(17)19-20-13-15-24-19/h13,15,17H,2-12,14,16H2,1H3,(H,21,23). The van der Waals surface area contributed by atoms with E-state index in [0.29, 0.717) is 12.5 Å². The first-order valence-corrected chi connectivity index (χ1v) is 10.6. The molecular weight excluding hydrogens is 318 g/mol. The largest absolute Gasteiger partial charge is 0.354 e. The van der Waals surface area contributed by atoms with E-state index in [4.69, 9.17) is 0 Å². The zero-order valence-corrected chi connectivity index (χ0v) is 16.0. The Morgan fingerprint density at radius 1 is 1.25 bits per heavy atom. The van der Waals surface area contributed by atoms with Crippen LogP contribution in [0.2, 0.25) is 0 Å². The molecule has 1 aromatic heterocycles. The van der Waals surface area contributed by atoms with E-state index in [2.05, 4.69) is 22.1 Å². The summed E-state index contributed by atoms with van der Waals surface area (Å²) >= 11 is 1.69. The lowest BCUT2D eigenvalue weighted by Gasteiger charge is -2.24. The molecule has 1 saturated heterocycles. The van der Waals surface area contributed by atoms with Crippen LogP contribution in [0.15, 0.2) is 11.6 Å². The zero-order valence-electron chi connectivity index (χ0n) is 15.1. The highest BCUT2D eigenvalue weighted by Gasteiger charge is 2.26. The zero-order chi connectivity index (χ0) is 17.0. The van der Waals surface area contributed by atoms with E-state index in [9.17, 15) is 4.79 Å². The molecule has 1 atom stereocenters. The highest BCUT2D eigenvalue weighted by Crippen LogP contribution is 2.26. The molecule has 1 aliphatic rings. The van der Waals surface area contributed by atoms with Crippen molar-refractivity contribution in [2.24, 2.45) is 0 Å². The first-order valence-electron chi connectivity index (χ1n) is 9.74. The fraction of sp³-hybridized carbons (Fsp3) is 0.789. The normalized spacial score (nSPS) is 17.4. The third-order valence-corrected chi connectivity index (χ3v) is 5.64. The van der Waals surface area contributed by atoms with Crippen molar-refractivity contribution >= 4 is 22.4 Å². The number of aromatic nitrogens is 1. The summed E-state index contributed by atoms with van der Waals surface area (Å²) in [5.74, 6) is 0.215. The van der Waals surface area contributed by atoms with Crippen molar-refractivity contribution in [2.75, 3.05) is 18.0 Å². The number of carbonyl (C=O) groups excluding carboxylic acids is 1. The molecule has 4 nitrogen and oxygen atoms in total. The van der Waals surface area contributed by atoms with E-state index >= 15 is 0 Å². The lowest BCUT2D eigenvalue weighted by molar-refractivity contribution is -0.121.